The zero-order chi connectivity index (χ0) is 17.1. The maximum Gasteiger partial charge on any atom is 0.348 e. The number of fused-ring (bicyclic) bond motifs is 1. The van der Waals surface area contributed by atoms with Crippen LogP contribution in [0.1, 0.15) is 22.2 Å². The minimum Gasteiger partial charge on any atom is -0.462 e. The first-order valence-corrected chi connectivity index (χ1v) is 8.39. The van der Waals surface area contributed by atoms with E-state index in [1.54, 1.807) is 6.92 Å². The average Bonchev–Trinajstić information content (AvgIpc) is 3.00. The smallest absolute Gasteiger partial charge is 0.348 e. The van der Waals surface area contributed by atoms with Gasteiger partial charge in [-0.25, -0.2) is 9.59 Å². The normalized spacial score (nSPS) is 10.9. The maximum absolute atomic E-state index is 12.6. The van der Waals surface area contributed by atoms with Gasteiger partial charge in [-0.05, 0) is 25.0 Å². The molecule has 1 N–H and O–H groups in total. The van der Waals surface area contributed by atoms with Crippen LogP contribution in [-0.2, 0) is 17.7 Å². The van der Waals surface area contributed by atoms with Gasteiger partial charge < -0.3 is 4.74 Å². The van der Waals surface area contributed by atoms with Crippen molar-refractivity contribution in [1.29, 1.82) is 0 Å². The number of aromatic amines is 1. The number of aromatic nitrogens is 2. The summed E-state index contributed by atoms with van der Waals surface area (Å²) < 4.78 is 6.10. The SMILES string of the molecule is CCOC(=O)c1cc2c(=O)n(CCc3ccccc3)c(=O)[nH]c2s1. The van der Waals surface area contributed by atoms with Gasteiger partial charge in [0, 0.05) is 6.54 Å². The van der Waals surface area contributed by atoms with Crippen molar-refractivity contribution in [1.82, 2.24) is 9.55 Å². The molecule has 2 aromatic heterocycles. The number of carbonyl (C=O) groups is 1. The monoisotopic (exact) mass is 344 g/mol. The molecule has 0 radical (unpaired) electrons. The fraction of sp³-hybridized carbons (Fsp3) is 0.235. The fourth-order valence-corrected chi connectivity index (χ4v) is 3.37. The van der Waals surface area contributed by atoms with E-state index in [4.69, 9.17) is 4.74 Å². The Balaban J connectivity index is 1.96. The Hall–Kier alpha value is -2.67. The highest BCUT2D eigenvalue weighted by atomic mass is 32.1. The highest BCUT2D eigenvalue weighted by molar-refractivity contribution is 7.20. The third kappa shape index (κ3) is 3.16. The summed E-state index contributed by atoms with van der Waals surface area (Å²) in [5.74, 6) is -0.491. The molecule has 1 aromatic carbocycles. The zero-order valence-corrected chi connectivity index (χ0v) is 13.9. The summed E-state index contributed by atoms with van der Waals surface area (Å²) in [7, 11) is 0. The van der Waals surface area contributed by atoms with Crippen molar-refractivity contribution < 1.29 is 9.53 Å². The molecule has 0 saturated heterocycles. The van der Waals surface area contributed by atoms with Gasteiger partial charge in [0.1, 0.15) is 9.71 Å². The van der Waals surface area contributed by atoms with E-state index >= 15 is 0 Å². The van der Waals surface area contributed by atoms with E-state index in [0.29, 0.717) is 21.5 Å². The van der Waals surface area contributed by atoms with Crippen LogP contribution >= 0.6 is 11.3 Å². The number of nitrogens with one attached hydrogen (secondary N) is 1. The molecule has 24 heavy (non-hydrogen) atoms. The molecule has 0 aliphatic carbocycles. The van der Waals surface area contributed by atoms with Crippen LogP contribution in [0.25, 0.3) is 10.2 Å². The molecular formula is C17H16N2O4S. The Kier molecular flexibility index (Phi) is 4.61. The second-order valence-corrected chi connectivity index (χ2v) is 6.25. The second kappa shape index (κ2) is 6.84. The van der Waals surface area contributed by atoms with E-state index in [-0.39, 0.29) is 13.2 Å². The van der Waals surface area contributed by atoms with E-state index < -0.39 is 17.2 Å². The lowest BCUT2D eigenvalue weighted by atomic mass is 10.1. The lowest BCUT2D eigenvalue weighted by molar-refractivity contribution is 0.0532. The first-order chi connectivity index (χ1) is 11.6. The van der Waals surface area contributed by atoms with Crippen molar-refractivity contribution in [2.75, 3.05) is 6.61 Å². The average molecular weight is 344 g/mol. The number of hydrogen-bond donors (Lipinski definition) is 1. The largest absolute Gasteiger partial charge is 0.462 e. The number of nitrogens with zero attached hydrogens (tertiary/aromatic N) is 1. The van der Waals surface area contributed by atoms with Crippen LogP contribution in [-0.4, -0.2) is 22.1 Å². The predicted molar refractivity (Wildman–Crippen MR) is 92.8 cm³/mol. The lowest BCUT2D eigenvalue weighted by Gasteiger charge is -2.04. The van der Waals surface area contributed by atoms with Gasteiger partial charge in [-0.2, -0.15) is 0 Å². The van der Waals surface area contributed by atoms with Crippen LogP contribution in [0.15, 0.2) is 46.0 Å². The summed E-state index contributed by atoms with van der Waals surface area (Å²) in [6.07, 6.45) is 0.574. The molecule has 0 aliphatic heterocycles. The van der Waals surface area contributed by atoms with Crippen molar-refractivity contribution in [3.63, 3.8) is 0 Å². The number of aryl methyl sites for hydroxylation is 1. The Morgan fingerprint density at radius 3 is 2.71 bits per heavy atom. The van der Waals surface area contributed by atoms with Gasteiger partial charge in [0.25, 0.3) is 5.56 Å². The molecule has 0 saturated carbocycles. The summed E-state index contributed by atoms with van der Waals surface area (Å²) >= 11 is 1.05. The van der Waals surface area contributed by atoms with Gasteiger partial charge >= 0.3 is 11.7 Å². The maximum atomic E-state index is 12.6. The molecule has 6 nitrogen and oxygen atoms in total. The highest BCUT2D eigenvalue weighted by Crippen LogP contribution is 2.21. The van der Waals surface area contributed by atoms with Crippen molar-refractivity contribution in [2.45, 2.75) is 19.9 Å². The predicted octanol–water partition coefficient (Wildman–Crippen LogP) is 2.17. The van der Waals surface area contributed by atoms with Gasteiger partial charge in [-0.15, -0.1) is 11.3 Å². The number of H-pyrrole nitrogens is 1. The van der Waals surface area contributed by atoms with Crippen LogP contribution in [0, 0.1) is 0 Å². The van der Waals surface area contributed by atoms with Gasteiger partial charge in [-0.3, -0.25) is 14.3 Å². The van der Waals surface area contributed by atoms with Crippen LogP contribution in [0.3, 0.4) is 0 Å². The van der Waals surface area contributed by atoms with Crippen molar-refractivity contribution >= 4 is 27.5 Å². The first kappa shape index (κ1) is 16.2. The van der Waals surface area contributed by atoms with Crippen molar-refractivity contribution in [3.8, 4) is 0 Å². The summed E-state index contributed by atoms with van der Waals surface area (Å²) in [6, 6.07) is 11.1. The summed E-state index contributed by atoms with van der Waals surface area (Å²) in [5, 5.41) is 0.329. The minimum absolute atomic E-state index is 0.255. The molecule has 3 aromatic rings. The minimum atomic E-state index is -0.491. The number of carbonyl (C=O) groups excluding carboxylic acids is 1. The van der Waals surface area contributed by atoms with Crippen LogP contribution in [0.5, 0.6) is 0 Å². The van der Waals surface area contributed by atoms with Crippen molar-refractivity contribution in [2.24, 2.45) is 0 Å². The first-order valence-electron chi connectivity index (χ1n) is 7.58. The van der Waals surface area contributed by atoms with E-state index in [0.717, 1.165) is 21.5 Å². The standard InChI is InChI=1S/C17H16N2O4S/c1-2-23-16(21)13-10-12-14(24-13)18-17(22)19(15(12)20)9-8-11-6-4-3-5-7-11/h3-7,10H,2,8-9H2,1H3,(H,18,22). The van der Waals surface area contributed by atoms with Gasteiger partial charge in [-0.1, -0.05) is 30.3 Å². The molecule has 0 amide bonds. The van der Waals surface area contributed by atoms with E-state index in [9.17, 15) is 14.4 Å². The summed E-state index contributed by atoms with van der Waals surface area (Å²) in [6.45, 7) is 2.24. The highest BCUT2D eigenvalue weighted by Gasteiger charge is 2.16. The number of hydrogen-bond acceptors (Lipinski definition) is 5. The number of benzene rings is 1. The van der Waals surface area contributed by atoms with Crippen molar-refractivity contribution in [3.05, 3.63) is 67.7 Å². The number of esters is 1. The molecule has 0 unspecified atom stereocenters. The molecule has 0 atom stereocenters. The van der Waals surface area contributed by atoms with Crippen LogP contribution in [0.2, 0.25) is 0 Å². The Morgan fingerprint density at radius 2 is 2.00 bits per heavy atom. The van der Waals surface area contributed by atoms with Gasteiger partial charge in [0.05, 0.1) is 12.0 Å². The molecule has 124 valence electrons. The quantitative estimate of drug-likeness (QED) is 0.719. The van der Waals surface area contributed by atoms with E-state index in [1.165, 1.54) is 6.07 Å². The molecule has 2 heterocycles. The number of ether oxygens (including phenoxy) is 1. The number of thiophene rings is 1. The Labute approximate surface area is 141 Å². The third-order valence-electron chi connectivity index (χ3n) is 3.62. The van der Waals surface area contributed by atoms with E-state index in [2.05, 4.69) is 4.98 Å². The summed E-state index contributed by atoms with van der Waals surface area (Å²) in [4.78, 5) is 39.9. The second-order valence-electron chi connectivity index (χ2n) is 5.20. The number of rotatable bonds is 5. The van der Waals surface area contributed by atoms with Gasteiger partial charge in [0.15, 0.2) is 0 Å². The molecule has 0 bridgehead atoms. The van der Waals surface area contributed by atoms with Crippen LogP contribution in [0.4, 0.5) is 0 Å². The molecular weight excluding hydrogens is 328 g/mol. The molecule has 0 spiro atoms. The Morgan fingerprint density at radius 1 is 1.25 bits per heavy atom. The molecule has 3 rings (SSSR count). The zero-order valence-electron chi connectivity index (χ0n) is 13.1. The molecule has 0 fully saturated rings. The van der Waals surface area contributed by atoms with Gasteiger partial charge in [0.2, 0.25) is 0 Å². The third-order valence-corrected chi connectivity index (χ3v) is 4.65. The molecule has 0 aliphatic rings. The van der Waals surface area contributed by atoms with E-state index in [1.807, 2.05) is 30.3 Å². The molecule has 7 heteroatoms. The lowest BCUT2D eigenvalue weighted by Crippen LogP contribution is -2.35. The van der Waals surface area contributed by atoms with Crippen LogP contribution < -0.4 is 11.2 Å². The topological polar surface area (TPSA) is 81.2 Å². The summed E-state index contributed by atoms with van der Waals surface area (Å²) in [5.41, 5.74) is 0.179. The fourth-order valence-electron chi connectivity index (χ4n) is 2.44. The Bertz CT molecular complexity index is 985.